The van der Waals surface area contributed by atoms with Gasteiger partial charge in [-0.3, -0.25) is 4.79 Å². The topological polar surface area (TPSA) is 50.8 Å². The third-order valence-electron chi connectivity index (χ3n) is 6.92. The minimum atomic E-state index is -0.219. The molecule has 5 nitrogen and oxygen atoms in total. The Hall–Kier alpha value is -3.38. The van der Waals surface area contributed by atoms with Gasteiger partial charge in [-0.05, 0) is 80.0 Å². The first-order chi connectivity index (χ1) is 17.4. The van der Waals surface area contributed by atoms with Crippen LogP contribution in [-0.2, 0) is 11.2 Å². The second kappa shape index (κ2) is 12.0. The van der Waals surface area contributed by atoms with Crippen LogP contribution in [0, 0.1) is 19.8 Å². The SMILES string of the molecule is COc1cc(C(=S)N2CCC(Cc3ccccc3)CC2)ccc1OCC(=O)Nc1cccc(C)c1C. The van der Waals surface area contributed by atoms with Crippen molar-refractivity contribution in [1.29, 1.82) is 0 Å². The molecule has 0 spiro atoms. The Balaban J connectivity index is 1.32. The number of hydrogen-bond acceptors (Lipinski definition) is 4. The number of nitrogens with one attached hydrogen (secondary N) is 1. The summed E-state index contributed by atoms with van der Waals surface area (Å²) >= 11 is 5.83. The zero-order valence-electron chi connectivity index (χ0n) is 21.3. The number of piperidine rings is 1. The molecular weight excluding hydrogens is 468 g/mol. The van der Waals surface area contributed by atoms with E-state index in [4.69, 9.17) is 21.7 Å². The lowest BCUT2D eigenvalue weighted by molar-refractivity contribution is -0.118. The molecule has 0 saturated carbocycles. The number of methoxy groups -OCH3 is 1. The zero-order chi connectivity index (χ0) is 25.5. The highest BCUT2D eigenvalue weighted by atomic mass is 32.1. The average molecular weight is 503 g/mol. The molecule has 1 heterocycles. The van der Waals surface area contributed by atoms with Crippen LogP contribution in [0.15, 0.2) is 66.7 Å². The maximum absolute atomic E-state index is 12.5. The van der Waals surface area contributed by atoms with E-state index >= 15 is 0 Å². The Morgan fingerprint density at radius 1 is 1.00 bits per heavy atom. The molecule has 3 aromatic rings. The predicted octanol–water partition coefficient (Wildman–Crippen LogP) is 5.96. The summed E-state index contributed by atoms with van der Waals surface area (Å²) in [4.78, 5) is 15.6. The van der Waals surface area contributed by atoms with Gasteiger partial charge < -0.3 is 19.7 Å². The molecule has 4 rings (SSSR count). The molecule has 188 valence electrons. The van der Waals surface area contributed by atoms with Gasteiger partial charge in [-0.25, -0.2) is 0 Å². The van der Waals surface area contributed by atoms with E-state index in [0.717, 1.165) is 59.7 Å². The minimum Gasteiger partial charge on any atom is -0.493 e. The monoisotopic (exact) mass is 502 g/mol. The van der Waals surface area contributed by atoms with Crippen molar-refractivity contribution in [2.24, 2.45) is 5.92 Å². The van der Waals surface area contributed by atoms with Crippen molar-refractivity contribution in [3.05, 3.63) is 89.0 Å². The molecule has 0 aliphatic carbocycles. The van der Waals surface area contributed by atoms with Gasteiger partial charge in [0, 0.05) is 24.3 Å². The van der Waals surface area contributed by atoms with Gasteiger partial charge in [-0.15, -0.1) is 0 Å². The largest absolute Gasteiger partial charge is 0.493 e. The van der Waals surface area contributed by atoms with Crippen LogP contribution in [0.25, 0.3) is 0 Å². The first kappa shape index (κ1) is 25.7. The molecule has 0 aromatic heterocycles. The summed E-state index contributed by atoms with van der Waals surface area (Å²) in [5.41, 5.74) is 5.30. The van der Waals surface area contributed by atoms with Gasteiger partial charge in [-0.1, -0.05) is 54.7 Å². The van der Waals surface area contributed by atoms with Crippen molar-refractivity contribution < 1.29 is 14.3 Å². The third-order valence-corrected chi connectivity index (χ3v) is 7.41. The van der Waals surface area contributed by atoms with Crippen LogP contribution >= 0.6 is 12.2 Å². The lowest BCUT2D eigenvalue weighted by Crippen LogP contribution is -2.38. The first-order valence-electron chi connectivity index (χ1n) is 12.4. The quantitative estimate of drug-likeness (QED) is 0.385. The fourth-order valence-corrected chi connectivity index (χ4v) is 4.92. The lowest BCUT2D eigenvalue weighted by atomic mass is 9.90. The number of ether oxygens (including phenoxy) is 2. The maximum Gasteiger partial charge on any atom is 0.262 e. The molecule has 1 amide bonds. The van der Waals surface area contributed by atoms with E-state index in [1.807, 2.05) is 50.2 Å². The molecule has 1 aliphatic rings. The second-order valence-corrected chi connectivity index (χ2v) is 9.76. The standard InChI is InChI=1S/C30H34N2O3S/c1-21-8-7-11-26(22(21)2)31-29(33)20-35-27-13-12-25(19-28(27)34-3)30(36)32-16-14-24(15-17-32)18-23-9-5-4-6-10-23/h4-13,19,24H,14-18,20H2,1-3H3,(H,31,33). The molecular formula is C30H34N2O3S. The van der Waals surface area contributed by atoms with Gasteiger partial charge in [-0.2, -0.15) is 0 Å². The molecule has 1 N–H and O–H groups in total. The molecule has 1 saturated heterocycles. The molecule has 3 aromatic carbocycles. The van der Waals surface area contributed by atoms with Crippen LogP contribution in [0.1, 0.15) is 35.1 Å². The van der Waals surface area contributed by atoms with Gasteiger partial charge in [0.15, 0.2) is 18.1 Å². The van der Waals surface area contributed by atoms with Crippen LogP contribution in [-0.4, -0.2) is 42.6 Å². The highest BCUT2D eigenvalue weighted by Gasteiger charge is 2.22. The van der Waals surface area contributed by atoms with E-state index in [-0.39, 0.29) is 12.5 Å². The number of carbonyl (C=O) groups is 1. The maximum atomic E-state index is 12.5. The van der Waals surface area contributed by atoms with Crippen molar-refractivity contribution in [3.8, 4) is 11.5 Å². The van der Waals surface area contributed by atoms with Gasteiger partial charge >= 0.3 is 0 Å². The molecule has 0 bridgehead atoms. The fourth-order valence-electron chi connectivity index (χ4n) is 4.61. The second-order valence-electron chi connectivity index (χ2n) is 9.38. The molecule has 0 unspecified atom stereocenters. The van der Waals surface area contributed by atoms with Crippen LogP contribution < -0.4 is 14.8 Å². The molecule has 36 heavy (non-hydrogen) atoms. The summed E-state index contributed by atoms with van der Waals surface area (Å²) < 4.78 is 11.3. The van der Waals surface area contributed by atoms with E-state index in [9.17, 15) is 4.79 Å². The summed E-state index contributed by atoms with van der Waals surface area (Å²) in [6.45, 7) is 5.81. The molecule has 6 heteroatoms. The van der Waals surface area contributed by atoms with Crippen molar-refractivity contribution in [2.45, 2.75) is 33.1 Å². The Labute approximate surface area is 219 Å². The Morgan fingerprint density at radius 3 is 2.47 bits per heavy atom. The van der Waals surface area contributed by atoms with E-state index in [1.54, 1.807) is 7.11 Å². The van der Waals surface area contributed by atoms with Crippen LogP contribution in [0.2, 0.25) is 0 Å². The van der Waals surface area contributed by atoms with Gasteiger partial charge in [0.25, 0.3) is 5.91 Å². The number of nitrogens with zero attached hydrogens (tertiary/aromatic N) is 1. The summed E-state index contributed by atoms with van der Waals surface area (Å²) in [5, 5.41) is 2.92. The average Bonchev–Trinajstić information content (AvgIpc) is 2.90. The van der Waals surface area contributed by atoms with Crippen LogP contribution in [0.3, 0.4) is 0 Å². The number of rotatable bonds is 8. The van der Waals surface area contributed by atoms with Crippen molar-refractivity contribution in [2.75, 3.05) is 32.1 Å². The van der Waals surface area contributed by atoms with Crippen LogP contribution in [0.5, 0.6) is 11.5 Å². The fraction of sp³-hybridized carbons (Fsp3) is 0.333. The highest BCUT2D eigenvalue weighted by molar-refractivity contribution is 7.80. The summed E-state index contributed by atoms with van der Waals surface area (Å²) in [7, 11) is 1.60. The molecule has 1 fully saturated rings. The third kappa shape index (κ3) is 6.43. The molecule has 1 aliphatic heterocycles. The first-order valence-corrected chi connectivity index (χ1v) is 12.9. The van der Waals surface area contributed by atoms with Crippen LogP contribution in [0.4, 0.5) is 5.69 Å². The number of anilines is 1. The number of hydrogen-bond donors (Lipinski definition) is 1. The Bertz CT molecular complexity index is 1200. The molecule has 0 radical (unpaired) electrons. The normalized spacial score (nSPS) is 13.8. The number of aryl methyl sites for hydroxylation is 1. The zero-order valence-corrected chi connectivity index (χ0v) is 22.1. The number of benzene rings is 3. The van der Waals surface area contributed by atoms with Crippen molar-refractivity contribution in [1.82, 2.24) is 4.90 Å². The summed E-state index contributed by atoms with van der Waals surface area (Å²) in [6, 6.07) is 22.2. The van der Waals surface area contributed by atoms with Crippen molar-refractivity contribution >= 4 is 28.8 Å². The smallest absolute Gasteiger partial charge is 0.262 e. The Kier molecular flexibility index (Phi) is 8.60. The van der Waals surface area contributed by atoms with Gasteiger partial charge in [0.05, 0.1) is 7.11 Å². The van der Waals surface area contributed by atoms with Gasteiger partial charge in [0.2, 0.25) is 0 Å². The number of amides is 1. The lowest BCUT2D eigenvalue weighted by Gasteiger charge is -2.34. The van der Waals surface area contributed by atoms with E-state index in [1.165, 1.54) is 5.56 Å². The van der Waals surface area contributed by atoms with E-state index in [2.05, 4.69) is 40.5 Å². The van der Waals surface area contributed by atoms with Crippen molar-refractivity contribution in [3.63, 3.8) is 0 Å². The highest BCUT2D eigenvalue weighted by Crippen LogP contribution is 2.30. The van der Waals surface area contributed by atoms with Gasteiger partial charge in [0.1, 0.15) is 4.99 Å². The predicted molar refractivity (Wildman–Crippen MR) is 149 cm³/mol. The number of carbonyl (C=O) groups excluding carboxylic acids is 1. The summed E-state index contributed by atoms with van der Waals surface area (Å²) in [6.07, 6.45) is 3.38. The van der Waals surface area contributed by atoms with E-state index in [0.29, 0.717) is 17.4 Å². The minimum absolute atomic E-state index is 0.109. The number of thiocarbonyl (C=S) groups is 1. The Morgan fingerprint density at radius 2 is 1.75 bits per heavy atom. The molecule has 0 atom stereocenters. The number of likely N-dealkylation sites (tertiary alicyclic amines) is 1. The summed E-state index contributed by atoms with van der Waals surface area (Å²) in [5.74, 6) is 1.55. The van der Waals surface area contributed by atoms with E-state index < -0.39 is 0 Å².